The predicted octanol–water partition coefficient (Wildman–Crippen LogP) is 1.75. The zero-order valence-corrected chi connectivity index (χ0v) is 10.3. The van der Waals surface area contributed by atoms with E-state index in [2.05, 4.69) is 11.0 Å². The summed E-state index contributed by atoms with van der Waals surface area (Å²) in [5.41, 5.74) is 0.368. The van der Waals surface area contributed by atoms with Gasteiger partial charge >= 0.3 is 6.18 Å². The normalized spacial score (nSPS) is 14.2. The first-order chi connectivity index (χ1) is 8.15. The van der Waals surface area contributed by atoms with Gasteiger partial charge in [-0.3, -0.25) is 4.68 Å². The molecule has 0 spiro atoms. The second kappa shape index (κ2) is 5.02. The molecule has 0 aliphatic heterocycles. The van der Waals surface area contributed by atoms with Crippen LogP contribution in [0.1, 0.15) is 24.3 Å². The fourth-order valence-electron chi connectivity index (χ4n) is 1.20. The van der Waals surface area contributed by atoms with Crippen LogP contribution in [0.15, 0.2) is 12.4 Å². The summed E-state index contributed by atoms with van der Waals surface area (Å²) in [6.45, 7) is 1.26. The molecular formula is C10H11F3N2O2S. The number of sulfone groups is 1. The molecule has 1 atom stereocenters. The third-order valence-electron chi connectivity index (χ3n) is 2.33. The Morgan fingerprint density at radius 3 is 2.61 bits per heavy atom. The molecule has 1 aromatic rings. The lowest BCUT2D eigenvalue weighted by molar-refractivity contribution is -0.129. The van der Waals surface area contributed by atoms with Crippen molar-refractivity contribution in [2.75, 3.05) is 5.75 Å². The van der Waals surface area contributed by atoms with Gasteiger partial charge in [0.05, 0.1) is 23.9 Å². The standard InChI is InChI=1S/C10H11F3N2O2S/c1-3-9-6-14-15(7-9)8(2)18(16,17)5-4-10(11,12)13/h1,6-8H,4-5H2,2H3. The van der Waals surface area contributed by atoms with Gasteiger partial charge in [0, 0.05) is 6.20 Å². The largest absolute Gasteiger partial charge is 0.390 e. The molecule has 100 valence electrons. The van der Waals surface area contributed by atoms with Crippen molar-refractivity contribution in [1.29, 1.82) is 0 Å². The van der Waals surface area contributed by atoms with Crippen molar-refractivity contribution in [2.24, 2.45) is 0 Å². The molecule has 1 unspecified atom stereocenters. The molecule has 0 radical (unpaired) electrons. The quantitative estimate of drug-likeness (QED) is 0.790. The summed E-state index contributed by atoms with van der Waals surface area (Å²) in [5.74, 6) is 1.28. The maximum absolute atomic E-state index is 12.0. The third-order valence-corrected chi connectivity index (χ3v) is 4.36. The minimum Gasteiger partial charge on any atom is -0.254 e. The van der Waals surface area contributed by atoms with E-state index in [1.165, 1.54) is 19.3 Å². The molecule has 0 N–H and O–H groups in total. The fraction of sp³-hybridized carbons (Fsp3) is 0.500. The monoisotopic (exact) mass is 280 g/mol. The van der Waals surface area contributed by atoms with Crippen molar-refractivity contribution < 1.29 is 21.6 Å². The van der Waals surface area contributed by atoms with Crippen molar-refractivity contribution in [3.05, 3.63) is 18.0 Å². The summed E-state index contributed by atoms with van der Waals surface area (Å²) >= 11 is 0. The molecule has 1 aromatic heterocycles. The van der Waals surface area contributed by atoms with Gasteiger partial charge in [-0.25, -0.2) is 8.42 Å². The number of halogens is 3. The van der Waals surface area contributed by atoms with Gasteiger partial charge in [-0.05, 0) is 6.92 Å². The molecule has 0 aliphatic carbocycles. The van der Waals surface area contributed by atoms with Crippen LogP contribution in [0.5, 0.6) is 0 Å². The van der Waals surface area contributed by atoms with Crippen molar-refractivity contribution in [3.8, 4) is 12.3 Å². The second-order valence-corrected chi connectivity index (χ2v) is 6.10. The molecule has 1 rings (SSSR count). The summed E-state index contributed by atoms with van der Waals surface area (Å²) in [5, 5.41) is 2.53. The van der Waals surface area contributed by atoms with Crippen LogP contribution in [-0.4, -0.2) is 30.1 Å². The average molecular weight is 280 g/mol. The molecule has 0 aliphatic rings. The minimum atomic E-state index is -4.50. The number of alkyl halides is 3. The van der Waals surface area contributed by atoms with Gasteiger partial charge in [-0.2, -0.15) is 18.3 Å². The Bertz CT molecular complexity index is 554. The van der Waals surface area contributed by atoms with Crippen LogP contribution in [0.2, 0.25) is 0 Å². The van der Waals surface area contributed by atoms with Crippen LogP contribution in [0.4, 0.5) is 13.2 Å². The molecule has 0 aromatic carbocycles. The Labute approximate surface area is 103 Å². The third kappa shape index (κ3) is 3.77. The van der Waals surface area contributed by atoms with E-state index in [4.69, 9.17) is 6.42 Å². The van der Waals surface area contributed by atoms with Crippen molar-refractivity contribution in [1.82, 2.24) is 9.78 Å². The first-order valence-electron chi connectivity index (χ1n) is 4.95. The van der Waals surface area contributed by atoms with Gasteiger partial charge in [-0.1, -0.05) is 5.92 Å². The van der Waals surface area contributed by atoms with Gasteiger partial charge in [0.25, 0.3) is 0 Å². The lowest BCUT2D eigenvalue weighted by Gasteiger charge is -2.14. The molecule has 0 fully saturated rings. The van der Waals surface area contributed by atoms with E-state index in [0.29, 0.717) is 5.56 Å². The summed E-state index contributed by atoms with van der Waals surface area (Å²) in [7, 11) is -3.93. The Hall–Kier alpha value is -1.49. The highest BCUT2D eigenvalue weighted by molar-refractivity contribution is 7.91. The molecular weight excluding hydrogens is 269 g/mol. The van der Waals surface area contributed by atoms with Gasteiger partial charge in [-0.15, -0.1) is 6.42 Å². The molecule has 0 saturated carbocycles. The fourth-order valence-corrected chi connectivity index (χ4v) is 2.51. The van der Waals surface area contributed by atoms with Crippen LogP contribution in [0, 0.1) is 12.3 Å². The summed E-state index contributed by atoms with van der Waals surface area (Å²) < 4.78 is 60.4. The van der Waals surface area contributed by atoms with Crippen LogP contribution in [-0.2, 0) is 9.84 Å². The maximum Gasteiger partial charge on any atom is 0.390 e. The van der Waals surface area contributed by atoms with Gasteiger partial charge < -0.3 is 0 Å². The maximum atomic E-state index is 12.0. The lowest BCUT2D eigenvalue weighted by atomic mass is 10.4. The molecule has 1 heterocycles. The Morgan fingerprint density at radius 2 is 2.17 bits per heavy atom. The number of hydrogen-bond donors (Lipinski definition) is 0. The number of terminal acetylenes is 1. The van der Waals surface area contributed by atoms with Gasteiger partial charge in [0.2, 0.25) is 0 Å². The molecule has 0 amide bonds. The van der Waals surface area contributed by atoms with E-state index in [0.717, 1.165) is 4.68 Å². The van der Waals surface area contributed by atoms with Crippen LogP contribution in [0.25, 0.3) is 0 Å². The number of nitrogens with zero attached hydrogens (tertiary/aromatic N) is 2. The highest BCUT2D eigenvalue weighted by Gasteiger charge is 2.32. The van der Waals surface area contributed by atoms with Crippen LogP contribution < -0.4 is 0 Å². The first-order valence-corrected chi connectivity index (χ1v) is 6.66. The first kappa shape index (κ1) is 14.6. The lowest BCUT2D eigenvalue weighted by Crippen LogP contribution is -2.23. The minimum absolute atomic E-state index is 0.368. The second-order valence-electron chi connectivity index (χ2n) is 3.68. The molecule has 8 heteroatoms. The van der Waals surface area contributed by atoms with Crippen LogP contribution >= 0.6 is 0 Å². The average Bonchev–Trinajstić information content (AvgIpc) is 2.73. The van der Waals surface area contributed by atoms with Crippen molar-refractivity contribution >= 4 is 9.84 Å². The summed E-state index contributed by atoms with van der Waals surface area (Å²) in [6, 6.07) is 0. The SMILES string of the molecule is C#Cc1cnn(C(C)S(=O)(=O)CCC(F)(F)F)c1. The highest BCUT2D eigenvalue weighted by Crippen LogP contribution is 2.23. The molecule has 0 saturated heterocycles. The van der Waals surface area contributed by atoms with Gasteiger partial charge in [0.1, 0.15) is 0 Å². The van der Waals surface area contributed by atoms with Crippen LogP contribution in [0.3, 0.4) is 0 Å². The number of hydrogen-bond acceptors (Lipinski definition) is 3. The number of rotatable bonds is 4. The Morgan fingerprint density at radius 1 is 1.56 bits per heavy atom. The van der Waals surface area contributed by atoms with E-state index < -0.39 is 33.6 Å². The molecule has 4 nitrogen and oxygen atoms in total. The van der Waals surface area contributed by atoms with E-state index in [9.17, 15) is 21.6 Å². The van der Waals surface area contributed by atoms with Crippen molar-refractivity contribution in [3.63, 3.8) is 0 Å². The Kier molecular flexibility index (Phi) is 4.06. The smallest absolute Gasteiger partial charge is 0.254 e. The van der Waals surface area contributed by atoms with E-state index >= 15 is 0 Å². The van der Waals surface area contributed by atoms with Gasteiger partial charge in [0.15, 0.2) is 15.2 Å². The zero-order valence-electron chi connectivity index (χ0n) is 9.48. The van der Waals surface area contributed by atoms with E-state index in [-0.39, 0.29) is 0 Å². The van der Waals surface area contributed by atoms with E-state index in [1.807, 2.05) is 0 Å². The predicted molar refractivity (Wildman–Crippen MR) is 59.3 cm³/mol. The number of aromatic nitrogens is 2. The Balaban J connectivity index is 2.82. The topological polar surface area (TPSA) is 52.0 Å². The summed E-state index contributed by atoms with van der Waals surface area (Å²) in [4.78, 5) is 0. The van der Waals surface area contributed by atoms with Crippen molar-refractivity contribution in [2.45, 2.75) is 24.9 Å². The van der Waals surface area contributed by atoms with E-state index in [1.54, 1.807) is 0 Å². The molecule has 18 heavy (non-hydrogen) atoms. The zero-order chi connectivity index (χ0) is 14.0. The highest BCUT2D eigenvalue weighted by atomic mass is 32.2. The summed E-state index contributed by atoms with van der Waals surface area (Å²) in [6.07, 6.45) is 1.79. The molecule has 0 bridgehead atoms.